The van der Waals surface area contributed by atoms with Gasteiger partial charge >= 0.3 is 0 Å². The number of nitrogens with one attached hydrogen (secondary N) is 1. The van der Waals surface area contributed by atoms with Gasteiger partial charge in [0.15, 0.2) is 0 Å². The molecule has 2 aliphatic rings. The molecule has 1 aromatic carbocycles. The standard InChI is InChI=1S/C19H24N4OS/c24-19(17-7-4-8-20-17)23-11-9-22(10-12-23)13-16-14-25-18(21-16)15-5-2-1-3-6-15/h1-3,5-6,14,17,20H,4,7-13H2/t17-/m0/s1. The maximum absolute atomic E-state index is 12.5. The van der Waals surface area contributed by atoms with Crippen molar-refractivity contribution in [3.63, 3.8) is 0 Å². The molecule has 0 bridgehead atoms. The van der Waals surface area contributed by atoms with Crippen molar-refractivity contribution in [2.24, 2.45) is 0 Å². The van der Waals surface area contributed by atoms with Crippen LogP contribution in [0.25, 0.3) is 10.6 Å². The van der Waals surface area contributed by atoms with E-state index in [1.807, 2.05) is 23.1 Å². The number of hydrogen-bond donors (Lipinski definition) is 1. The first-order valence-electron chi connectivity index (χ1n) is 9.04. The van der Waals surface area contributed by atoms with Crippen molar-refractivity contribution >= 4 is 17.2 Å². The van der Waals surface area contributed by atoms with E-state index >= 15 is 0 Å². The van der Waals surface area contributed by atoms with Gasteiger partial charge in [-0.05, 0) is 19.4 Å². The number of carbonyl (C=O) groups is 1. The molecule has 2 fully saturated rings. The number of amides is 1. The molecule has 2 saturated heterocycles. The van der Waals surface area contributed by atoms with Crippen molar-refractivity contribution in [2.75, 3.05) is 32.7 Å². The first kappa shape index (κ1) is 16.7. The normalized spacial score (nSPS) is 21.6. The van der Waals surface area contributed by atoms with Gasteiger partial charge in [0.1, 0.15) is 5.01 Å². The molecule has 6 heteroatoms. The van der Waals surface area contributed by atoms with Crippen LogP contribution in [0.4, 0.5) is 0 Å². The Morgan fingerprint density at radius 3 is 2.72 bits per heavy atom. The summed E-state index contributed by atoms with van der Waals surface area (Å²) in [5.74, 6) is 0.289. The number of benzene rings is 1. The van der Waals surface area contributed by atoms with Crippen LogP contribution in [0, 0.1) is 0 Å². The lowest BCUT2D eigenvalue weighted by molar-refractivity contribution is -0.134. The molecule has 1 aromatic heterocycles. The summed E-state index contributed by atoms with van der Waals surface area (Å²) in [6.45, 7) is 5.35. The van der Waals surface area contributed by atoms with Crippen molar-refractivity contribution < 1.29 is 4.79 Å². The third-order valence-electron chi connectivity index (χ3n) is 5.00. The SMILES string of the molecule is O=C([C@@H]1CCCN1)N1CCN(Cc2csc(-c3ccccc3)n2)CC1. The summed E-state index contributed by atoms with van der Waals surface area (Å²) < 4.78 is 0. The van der Waals surface area contributed by atoms with Gasteiger partial charge in [0.05, 0.1) is 11.7 Å². The summed E-state index contributed by atoms with van der Waals surface area (Å²) in [6.07, 6.45) is 2.10. The van der Waals surface area contributed by atoms with Crippen molar-refractivity contribution in [2.45, 2.75) is 25.4 Å². The summed E-state index contributed by atoms with van der Waals surface area (Å²) in [6, 6.07) is 10.4. The highest BCUT2D eigenvalue weighted by molar-refractivity contribution is 7.13. The minimum atomic E-state index is 0.0542. The maximum atomic E-state index is 12.5. The summed E-state index contributed by atoms with van der Waals surface area (Å²) in [5.41, 5.74) is 2.30. The van der Waals surface area contributed by atoms with E-state index in [2.05, 4.69) is 27.7 Å². The molecule has 0 spiro atoms. The number of piperazine rings is 1. The highest BCUT2D eigenvalue weighted by Gasteiger charge is 2.29. The Labute approximate surface area is 152 Å². The van der Waals surface area contributed by atoms with Crippen molar-refractivity contribution in [1.29, 1.82) is 0 Å². The van der Waals surface area contributed by atoms with Crippen molar-refractivity contribution in [1.82, 2.24) is 20.1 Å². The summed E-state index contributed by atoms with van der Waals surface area (Å²) in [7, 11) is 0. The van der Waals surface area contributed by atoms with E-state index in [-0.39, 0.29) is 11.9 Å². The second kappa shape index (κ2) is 7.64. The van der Waals surface area contributed by atoms with Crippen molar-refractivity contribution in [3.05, 3.63) is 41.4 Å². The summed E-state index contributed by atoms with van der Waals surface area (Å²) in [5, 5.41) is 6.54. The lowest BCUT2D eigenvalue weighted by atomic mass is 10.2. The molecular weight excluding hydrogens is 332 g/mol. The lowest BCUT2D eigenvalue weighted by Gasteiger charge is -2.35. The topological polar surface area (TPSA) is 48.5 Å². The largest absolute Gasteiger partial charge is 0.339 e. The maximum Gasteiger partial charge on any atom is 0.239 e. The molecule has 1 N–H and O–H groups in total. The van der Waals surface area contributed by atoms with Gasteiger partial charge in [0, 0.05) is 43.7 Å². The fourth-order valence-corrected chi connectivity index (χ4v) is 4.38. The molecule has 5 nitrogen and oxygen atoms in total. The number of carbonyl (C=O) groups excluding carboxylic acids is 1. The van der Waals surface area contributed by atoms with Gasteiger partial charge < -0.3 is 10.2 Å². The molecular formula is C19H24N4OS. The van der Waals surface area contributed by atoms with Gasteiger partial charge in [-0.1, -0.05) is 30.3 Å². The van der Waals surface area contributed by atoms with E-state index in [1.54, 1.807) is 11.3 Å². The van der Waals surface area contributed by atoms with Crippen LogP contribution in [0.1, 0.15) is 18.5 Å². The van der Waals surface area contributed by atoms with E-state index in [1.165, 1.54) is 5.56 Å². The van der Waals surface area contributed by atoms with Gasteiger partial charge in [-0.25, -0.2) is 4.98 Å². The number of nitrogens with zero attached hydrogens (tertiary/aromatic N) is 3. The number of rotatable bonds is 4. The lowest BCUT2D eigenvalue weighted by Crippen LogP contribution is -2.52. The molecule has 1 atom stereocenters. The fraction of sp³-hybridized carbons (Fsp3) is 0.474. The van der Waals surface area contributed by atoms with Crippen molar-refractivity contribution in [3.8, 4) is 10.6 Å². The average Bonchev–Trinajstić information content (AvgIpc) is 3.35. The highest BCUT2D eigenvalue weighted by atomic mass is 32.1. The van der Waals surface area contributed by atoms with Crippen LogP contribution in [-0.4, -0.2) is 59.5 Å². The Morgan fingerprint density at radius 1 is 1.20 bits per heavy atom. The van der Waals surface area contributed by atoms with Gasteiger partial charge in [0.25, 0.3) is 0 Å². The average molecular weight is 356 g/mol. The van der Waals surface area contributed by atoms with Crippen LogP contribution in [0.5, 0.6) is 0 Å². The third-order valence-corrected chi connectivity index (χ3v) is 5.94. The smallest absolute Gasteiger partial charge is 0.239 e. The molecule has 0 unspecified atom stereocenters. The van der Waals surface area contributed by atoms with E-state index < -0.39 is 0 Å². The molecule has 3 heterocycles. The third kappa shape index (κ3) is 3.92. The van der Waals surface area contributed by atoms with Gasteiger partial charge in [-0.15, -0.1) is 11.3 Å². The quantitative estimate of drug-likeness (QED) is 0.912. The molecule has 2 aromatic rings. The Balaban J connectivity index is 1.30. The summed E-state index contributed by atoms with van der Waals surface area (Å²) >= 11 is 1.70. The first-order chi connectivity index (χ1) is 12.3. The van der Waals surface area contributed by atoms with Crippen LogP contribution in [0.3, 0.4) is 0 Å². The first-order valence-corrected chi connectivity index (χ1v) is 9.92. The Bertz CT molecular complexity index is 703. The molecule has 132 valence electrons. The van der Waals surface area contributed by atoms with E-state index in [0.29, 0.717) is 0 Å². The van der Waals surface area contributed by atoms with Crippen LogP contribution in [-0.2, 0) is 11.3 Å². The van der Waals surface area contributed by atoms with E-state index in [4.69, 9.17) is 4.98 Å². The molecule has 0 radical (unpaired) electrons. The number of aromatic nitrogens is 1. The minimum Gasteiger partial charge on any atom is -0.339 e. The fourth-order valence-electron chi connectivity index (χ4n) is 3.56. The Morgan fingerprint density at radius 2 is 2.00 bits per heavy atom. The van der Waals surface area contributed by atoms with Crippen LogP contribution in [0.15, 0.2) is 35.7 Å². The van der Waals surface area contributed by atoms with Gasteiger partial charge in [-0.3, -0.25) is 9.69 Å². The van der Waals surface area contributed by atoms with Crippen LogP contribution in [0.2, 0.25) is 0 Å². The second-order valence-electron chi connectivity index (χ2n) is 6.76. The molecule has 4 rings (SSSR count). The molecule has 2 aliphatic heterocycles. The molecule has 0 aliphatic carbocycles. The predicted molar refractivity (Wildman–Crippen MR) is 100 cm³/mol. The Hall–Kier alpha value is -1.76. The molecule has 1 amide bonds. The zero-order valence-corrected chi connectivity index (χ0v) is 15.2. The predicted octanol–water partition coefficient (Wildman–Crippen LogP) is 2.21. The van der Waals surface area contributed by atoms with E-state index in [0.717, 1.165) is 62.8 Å². The minimum absolute atomic E-state index is 0.0542. The molecule has 0 saturated carbocycles. The van der Waals surface area contributed by atoms with Crippen LogP contribution < -0.4 is 5.32 Å². The van der Waals surface area contributed by atoms with Gasteiger partial charge in [0.2, 0.25) is 5.91 Å². The monoisotopic (exact) mass is 356 g/mol. The number of thiazole rings is 1. The zero-order valence-electron chi connectivity index (χ0n) is 14.4. The molecule has 25 heavy (non-hydrogen) atoms. The summed E-state index contributed by atoms with van der Waals surface area (Å²) in [4.78, 5) is 21.7. The highest BCUT2D eigenvalue weighted by Crippen LogP contribution is 2.24. The van der Waals surface area contributed by atoms with E-state index in [9.17, 15) is 4.79 Å². The second-order valence-corrected chi connectivity index (χ2v) is 7.62. The zero-order chi connectivity index (χ0) is 17.1. The van der Waals surface area contributed by atoms with Gasteiger partial charge in [-0.2, -0.15) is 0 Å². The van der Waals surface area contributed by atoms with Crippen LogP contribution >= 0.6 is 11.3 Å². The number of hydrogen-bond acceptors (Lipinski definition) is 5. The Kier molecular flexibility index (Phi) is 5.10.